The Morgan fingerprint density at radius 3 is 2.38 bits per heavy atom. The molecule has 0 aromatic heterocycles. The number of carbonyl (C=O) groups excluding carboxylic acids is 2. The predicted molar refractivity (Wildman–Crippen MR) is 115 cm³/mol. The van der Waals surface area contributed by atoms with Gasteiger partial charge in [-0.15, -0.1) is 0 Å². The van der Waals surface area contributed by atoms with E-state index in [1.807, 2.05) is 22.8 Å². The first-order valence-electron chi connectivity index (χ1n) is 11.3. The molecule has 0 N–H and O–H groups in total. The molecule has 0 bridgehead atoms. The number of nitrogens with zero attached hydrogens (tertiary/aromatic N) is 4. The lowest BCUT2D eigenvalue weighted by Gasteiger charge is -2.40. The Labute approximate surface area is 174 Å². The lowest BCUT2D eigenvalue weighted by molar-refractivity contribution is -0.134. The molecule has 29 heavy (non-hydrogen) atoms. The molecule has 0 spiro atoms. The normalized spacial score (nSPS) is 22.2. The third-order valence-electron chi connectivity index (χ3n) is 6.76. The second-order valence-corrected chi connectivity index (χ2v) is 8.65. The van der Waals surface area contributed by atoms with E-state index in [1.165, 1.54) is 12.0 Å². The Bertz CT molecular complexity index is 723. The number of anilines is 1. The third kappa shape index (κ3) is 4.64. The Hall–Kier alpha value is -1.92. The van der Waals surface area contributed by atoms with Gasteiger partial charge in [-0.05, 0) is 50.7 Å². The van der Waals surface area contributed by atoms with E-state index in [1.54, 1.807) is 0 Å². The minimum Gasteiger partial charge on any atom is -0.342 e. The van der Waals surface area contributed by atoms with Gasteiger partial charge in [0.05, 0.1) is 12.6 Å². The number of piperidine rings is 1. The van der Waals surface area contributed by atoms with Crippen LogP contribution in [0.2, 0.25) is 0 Å². The van der Waals surface area contributed by atoms with E-state index in [2.05, 4.69) is 28.0 Å². The Kier molecular flexibility index (Phi) is 6.50. The zero-order valence-corrected chi connectivity index (χ0v) is 17.7. The summed E-state index contributed by atoms with van der Waals surface area (Å²) in [6.45, 7) is 8.60. The molecule has 1 atom stereocenters. The monoisotopic (exact) mass is 398 g/mol. The van der Waals surface area contributed by atoms with Crippen LogP contribution in [-0.4, -0.2) is 84.9 Å². The Morgan fingerprint density at radius 1 is 0.897 bits per heavy atom. The number of fused-ring (bicyclic) bond motifs is 1. The fourth-order valence-electron chi connectivity index (χ4n) is 4.89. The highest BCUT2D eigenvalue weighted by atomic mass is 16.2. The van der Waals surface area contributed by atoms with Crippen molar-refractivity contribution in [3.8, 4) is 0 Å². The van der Waals surface area contributed by atoms with Crippen LogP contribution in [0.25, 0.3) is 0 Å². The fraction of sp³-hybridized carbons (Fsp3) is 0.652. The molecule has 2 amide bonds. The summed E-state index contributed by atoms with van der Waals surface area (Å²) in [5.74, 6) is 0.474. The number of hydrogen-bond donors (Lipinski definition) is 0. The highest BCUT2D eigenvalue weighted by Gasteiger charge is 2.32. The van der Waals surface area contributed by atoms with Gasteiger partial charge in [-0.25, -0.2) is 0 Å². The number of amides is 2. The SMILES string of the molecule is CC(C(=O)N1CCCc2ccccc21)N1CCN(CC(=O)N2CCCCC2)CC1. The van der Waals surface area contributed by atoms with Gasteiger partial charge in [-0.2, -0.15) is 0 Å². The minimum atomic E-state index is -0.124. The Balaban J connectivity index is 1.29. The van der Waals surface area contributed by atoms with Gasteiger partial charge < -0.3 is 9.80 Å². The molecule has 6 nitrogen and oxygen atoms in total. The molecule has 4 rings (SSSR count). The molecule has 3 aliphatic rings. The molecule has 2 saturated heterocycles. The van der Waals surface area contributed by atoms with Gasteiger partial charge >= 0.3 is 0 Å². The van der Waals surface area contributed by atoms with Crippen LogP contribution in [0, 0.1) is 0 Å². The molecule has 3 aliphatic heterocycles. The second-order valence-electron chi connectivity index (χ2n) is 8.65. The summed E-state index contributed by atoms with van der Waals surface area (Å²) in [5, 5.41) is 0. The topological polar surface area (TPSA) is 47.1 Å². The van der Waals surface area contributed by atoms with Crippen LogP contribution < -0.4 is 4.90 Å². The zero-order valence-electron chi connectivity index (χ0n) is 17.7. The van der Waals surface area contributed by atoms with Crippen LogP contribution in [0.1, 0.15) is 38.2 Å². The van der Waals surface area contributed by atoms with Gasteiger partial charge in [0.1, 0.15) is 0 Å². The number of benzene rings is 1. The van der Waals surface area contributed by atoms with E-state index < -0.39 is 0 Å². The molecule has 2 fully saturated rings. The van der Waals surface area contributed by atoms with Gasteiger partial charge in [0, 0.05) is 51.5 Å². The summed E-state index contributed by atoms with van der Waals surface area (Å²) in [4.78, 5) is 34.3. The lowest BCUT2D eigenvalue weighted by Crippen LogP contribution is -2.56. The Morgan fingerprint density at radius 2 is 1.62 bits per heavy atom. The van der Waals surface area contributed by atoms with Crippen LogP contribution in [0.15, 0.2) is 24.3 Å². The molecule has 0 radical (unpaired) electrons. The van der Waals surface area contributed by atoms with Crippen molar-refractivity contribution in [3.05, 3.63) is 29.8 Å². The average Bonchev–Trinajstić information content (AvgIpc) is 2.79. The van der Waals surface area contributed by atoms with Crippen molar-refractivity contribution in [2.24, 2.45) is 0 Å². The van der Waals surface area contributed by atoms with Crippen LogP contribution in [0.5, 0.6) is 0 Å². The maximum absolute atomic E-state index is 13.2. The number of likely N-dealkylation sites (tertiary alicyclic amines) is 1. The first-order valence-corrected chi connectivity index (χ1v) is 11.3. The number of aryl methyl sites for hydroxylation is 1. The molecule has 3 heterocycles. The zero-order chi connectivity index (χ0) is 20.2. The lowest BCUT2D eigenvalue weighted by atomic mass is 10.0. The van der Waals surface area contributed by atoms with Crippen LogP contribution in [0.4, 0.5) is 5.69 Å². The molecule has 158 valence electrons. The van der Waals surface area contributed by atoms with Crippen molar-refractivity contribution in [2.75, 3.05) is 57.3 Å². The number of piperazine rings is 1. The third-order valence-corrected chi connectivity index (χ3v) is 6.76. The molecular formula is C23H34N4O2. The quantitative estimate of drug-likeness (QED) is 0.778. The van der Waals surface area contributed by atoms with E-state index in [9.17, 15) is 9.59 Å². The molecule has 1 unspecified atom stereocenters. The van der Waals surface area contributed by atoms with Crippen LogP contribution in [0.3, 0.4) is 0 Å². The highest BCUT2D eigenvalue weighted by molar-refractivity contribution is 5.98. The van der Waals surface area contributed by atoms with Crippen LogP contribution >= 0.6 is 0 Å². The summed E-state index contributed by atoms with van der Waals surface area (Å²) in [6, 6.07) is 8.16. The largest absolute Gasteiger partial charge is 0.342 e. The van der Waals surface area contributed by atoms with Gasteiger partial charge in [0.15, 0.2) is 0 Å². The highest BCUT2D eigenvalue weighted by Crippen LogP contribution is 2.28. The molecule has 0 aliphatic carbocycles. The predicted octanol–water partition coefficient (Wildman–Crippen LogP) is 1.98. The maximum atomic E-state index is 13.2. The second kappa shape index (κ2) is 9.26. The number of hydrogen-bond acceptors (Lipinski definition) is 4. The molecule has 0 saturated carbocycles. The van der Waals surface area contributed by atoms with E-state index in [0.29, 0.717) is 6.54 Å². The number of carbonyl (C=O) groups is 2. The summed E-state index contributed by atoms with van der Waals surface area (Å²) in [6.07, 6.45) is 5.60. The van der Waals surface area contributed by atoms with E-state index in [-0.39, 0.29) is 17.9 Å². The van der Waals surface area contributed by atoms with E-state index in [0.717, 1.165) is 77.2 Å². The molecular weight excluding hydrogens is 364 g/mol. The van der Waals surface area contributed by atoms with Crippen molar-refractivity contribution in [2.45, 2.75) is 45.1 Å². The van der Waals surface area contributed by atoms with Gasteiger partial charge in [-0.3, -0.25) is 19.4 Å². The van der Waals surface area contributed by atoms with Crippen molar-refractivity contribution >= 4 is 17.5 Å². The van der Waals surface area contributed by atoms with Crippen molar-refractivity contribution in [1.82, 2.24) is 14.7 Å². The van der Waals surface area contributed by atoms with Gasteiger partial charge in [-0.1, -0.05) is 18.2 Å². The summed E-state index contributed by atoms with van der Waals surface area (Å²) in [7, 11) is 0. The van der Waals surface area contributed by atoms with Crippen LogP contribution in [-0.2, 0) is 16.0 Å². The fourth-order valence-corrected chi connectivity index (χ4v) is 4.89. The first-order chi connectivity index (χ1) is 14.1. The minimum absolute atomic E-state index is 0.124. The van der Waals surface area contributed by atoms with Gasteiger partial charge in [0.2, 0.25) is 11.8 Å². The maximum Gasteiger partial charge on any atom is 0.244 e. The molecule has 6 heteroatoms. The smallest absolute Gasteiger partial charge is 0.244 e. The molecule has 1 aromatic carbocycles. The summed E-state index contributed by atoms with van der Waals surface area (Å²) in [5.41, 5.74) is 2.36. The molecule has 1 aromatic rings. The number of rotatable bonds is 4. The van der Waals surface area contributed by atoms with Crippen molar-refractivity contribution in [1.29, 1.82) is 0 Å². The standard InChI is InChI=1S/C23H34N4O2/c1-19(23(29)27-13-7-9-20-8-3-4-10-21(20)27)25-16-14-24(15-17-25)18-22(28)26-11-5-2-6-12-26/h3-4,8,10,19H,2,5-7,9,11-18H2,1H3. The first kappa shape index (κ1) is 20.4. The summed E-state index contributed by atoms with van der Waals surface area (Å²) >= 11 is 0. The van der Waals surface area contributed by atoms with Crippen molar-refractivity contribution < 1.29 is 9.59 Å². The van der Waals surface area contributed by atoms with Crippen molar-refractivity contribution in [3.63, 3.8) is 0 Å². The van der Waals surface area contributed by atoms with E-state index >= 15 is 0 Å². The summed E-state index contributed by atoms with van der Waals surface area (Å²) < 4.78 is 0. The van der Waals surface area contributed by atoms with Gasteiger partial charge in [0.25, 0.3) is 0 Å². The number of para-hydroxylation sites is 1. The average molecular weight is 399 g/mol. The van der Waals surface area contributed by atoms with E-state index in [4.69, 9.17) is 0 Å².